The molecule has 0 amide bonds. The van der Waals surface area contributed by atoms with Crippen molar-refractivity contribution in [2.45, 2.75) is 12.7 Å². The normalized spacial score (nSPS) is 15.6. The standard InChI is InChI=1S/C24H20ClF3N6O2S/c25-16-8-14-17(9-15(16)24(26,27)28)32-21-20(14)22(31-11-30-21)33-3-5-34(6-4-33)23(37)29-10-13-1-2-18-19(7-13)36-12-35-18/h1-2,7-9,11H,3-6,10,12H2,(H,29,37)(H,30,31,32). The Hall–Kier alpha value is -3.51. The molecule has 6 rings (SSSR count). The van der Waals surface area contributed by atoms with Crippen LogP contribution in [-0.2, 0) is 12.7 Å². The Bertz CT molecular complexity index is 1520. The van der Waals surface area contributed by atoms with E-state index in [9.17, 15) is 13.2 Å². The van der Waals surface area contributed by atoms with Crippen LogP contribution in [0.15, 0.2) is 36.7 Å². The number of nitrogens with one attached hydrogen (secondary N) is 2. The summed E-state index contributed by atoms with van der Waals surface area (Å²) in [6.45, 7) is 3.34. The maximum absolute atomic E-state index is 13.3. The van der Waals surface area contributed by atoms with Crippen LogP contribution in [-0.4, -0.2) is 57.9 Å². The summed E-state index contributed by atoms with van der Waals surface area (Å²) in [6.07, 6.45) is -3.15. The minimum Gasteiger partial charge on any atom is -0.454 e. The largest absolute Gasteiger partial charge is 0.454 e. The van der Waals surface area contributed by atoms with Crippen molar-refractivity contribution in [2.24, 2.45) is 0 Å². The quantitative estimate of drug-likeness (QED) is 0.357. The highest BCUT2D eigenvalue weighted by Gasteiger charge is 2.34. The van der Waals surface area contributed by atoms with Crippen LogP contribution in [0.1, 0.15) is 11.1 Å². The van der Waals surface area contributed by atoms with E-state index < -0.39 is 11.7 Å². The van der Waals surface area contributed by atoms with E-state index in [1.165, 1.54) is 12.4 Å². The minimum absolute atomic E-state index is 0.230. The van der Waals surface area contributed by atoms with Gasteiger partial charge in [-0.15, -0.1) is 0 Å². The van der Waals surface area contributed by atoms with Crippen LogP contribution >= 0.6 is 23.8 Å². The van der Waals surface area contributed by atoms with Crippen LogP contribution in [0.25, 0.3) is 21.9 Å². The van der Waals surface area contributed by atoms with Gasteiger partial charge in [-0.25, -0.2) is 9.97 Å². The Kier molecular flexibility index (Phi) is 5.87. The number of nitrogens with zero attached hydrogens (tertiary/aromatic N) is 4. The predicted molar refractivity (Wildman–Crippen MR) is 137 cm³/mol. The van der Waals surface area contributed by atoms with Crippen molar-refractivity contribution in [3.63, 3.8) is 0 Å². The average Bonchev–Trinajstić information content (AvgIpc) is 3.50. The fraction of sp³-hybridized carbons (Fsp3) is 0.292. The third-order valence-corrected chi connectivity index (χ3v) is 7.22. The van der Waals surface area contributed by atoms with Crippen LogP contribution in [0.2, 0.25) is 5.02 Å². The zero-order valence-corrected chi connectivity index (χ0v) is 20.8. The number of hydrogen-bond acceptors (Lipinski definition) is 6. The lowest BCUT2D eigenvalue weighted by Crippen LogP contribution is -2.51. The topological polar surface area (TPSA) is 78.5 Å². The van der Waals surface area contributed by atoms with E-state index in [1.807, 2.05) is 18.2 Å². The molecule has 192 valence electrons. The molecule has 4 aromatic rings. The summed E-state index contributed by atoms with van der Waals surface area (Å²) in [5.74, 6) is 2.11. The summed E-state index contributed by atoms with van der Waals surface area (Å²) in [4.78, 5) is 15.8. The van der Waals surface area contributed by atoms with Crippen molar-refractivity contribution in [1.29, 1.82) is 0 Å². The molecule has 4 heterocycles. The number of piperazine rings is 1. The Labute approximate surface area is 219 Å². The van der Waals surface area contributed by atoms with Gasteiger partial charge in [0.15, 0.2) is 16.6 Å². The molecule has 1 saturated heterocycles. The molecule has 13 heteroatoms. The predicted octanol–water partition coefficient (Wildman–Crippen LogP) is 4.71. The van der Waals surface area contributed by atoms with E-state index >= 15 is 0 Å². The van der Waals surface area contributed by atoms with Gasteiger partial charge in [0.25, 0.3) is 0 Å². The fourth-order valence-electron chi connectivity index (χ4n) is 4.65. The van der Waals surface area contributed by atoms with Crippen molar-refractivity contribution in [1.82, 2.24) is 25.2 Å². The lowest BCUT2D eigenvalue weighted by molar-refractivity contribution is -0.137. The molecular formula is C24H20ClF3N6O2S. The van der Waals surface area contributed by atoms with Gasteiger partial charge >= 0.3 is 6.18 Å². The smallest absolute Gasteiger partial charge is 0.417 e. The number of aromatic amines is 1. The SMILES string of the molecule is FC(F)(F)c1cc2[nH]c3ncnc(N4CCN(C(=S)NCc5ccc6c(c5)OCO6)CC4)c3c2cc1Cl. The van der Waals surface area contributed by atoms with Gasteiger partial charge in [-0.2, -0.15) is 13.2 Å². The molecule has 2 aliphatic rings. The van der Waals surface area contributed by atoms with Crippen LogP contribution < -0.4 is 19.7 Å². The number of aromatic nitrogens is 3. The molecule has 0 spiro atoms. The number of fused-ring (bicyclic) bond motifs is 4. The minimum atomic E-state index is -4.55. The second-order valence-electron chi connectivity index (χ2n) is 8.74. The molecule has 8 nitrogen and oxygen atoms in total. The molecular weight excluding hydrogens is 529 g/mol. The van der Waals surface area contributed by atoms with Gasteiger partial charge in [0, 0.05) is 43.6 Å². The number of ether oxygens (including phenoxy) is 2. The van der Waals surface area contributed by atoms with Gasteiger partial charge in [-0.05, 0) is 42.0 Å². The van der Waals surface area contributed by atoms with E-state index in [0.717, 1.165) is 23.1 Å². The van der Waals surface area contributed by atoms with Gasteiger partial charge in [-0.3, -0.25) is 0 Å². The number of rotatable bonds is 3. The average molecular weight is 549 g/mol. The van der Waals surface area contributed by atoms with Crippen LogP contribution in [0.4, 0.5) is 19.0 Å². The van der Waals surface area contributed by atoms with E-state index in [2.05, 4.69) is 30.1 Å². The first-order chi connectivity index (χ1) is 17.8. The zero-order valence-electron chi connectivity index (χ0n) is 19.2. The van der Waals surface area contributed by atoms with Gasteiger partial charge in [0.2, 0.25) is 6.79 Å². The molecule has 37 heavy (non-hydrogen) atoms. The lowest BCUT2D eigenvalue weighted by atomic mass is 10.1. The summed E-state index contributed by atoms with van der Waals surface area (Å²) in [5.41, 5.74) is 0.901. The molecule has 0 aliphatic carbocycles. The highest BCUT2D eigenvalue weighted by atomic mass is 35.5. The molecule has 0 radical (unpaired) electrons. The zero-order chi connectivity index (χ0) is 25.7. The molecule has 0 saturated carbocycles. The second kappa shape index (κ2) is 9.10. The number of benzene rings is 2. The summed E-state index contributed by atoms with van der Waals surface area (Å²) in [7, 11) is 0. The van der Waals surface area contributed by atoms with Crippen LogP contribution in [0, 0.1) is 0 Å². The first kappa shape index (κ1) is 23.9. The van der Waals surface area contributed by atoms with E-state index in [1.54, 1.807) is 0 Å². The van der Waals surface area contributed by atoms with Gasteiger partial charge in [0.1, 0.15) is 17.8 Å². The molecule has 2 N–H and O–H groups in total. The highest BCUT2D eigenvalue weighted by molar-refractivity contribution is 7.80. The monoisotopic (exact) mass is 548 g/mol. The first-order valence-corrected chi connectivity index (χ1v) is 12.3. The lowest BCUT2D eigenvalue weighted by Gasteiger charge is -2.37. The molecule has 1 fully saturated rings. The molecule has 0 unspecified atom stereocenters. The summed E-state index contributed by atoms with van der Waals surface area (Å²) < 4.78 is 50.8. The van der Waals surface area contributed by atoms with Crippen molar-refractivity contribution in [3.05, 3.63) is 52.8 Å². The Balaban J connectivity index is 1.17. The number of thiocarbonyl (C=S) groups is 1. The maximum Gasteiger partial charge on any atom is 0.417 e. The first-order valence-electron chi connectivity index (χ1n) is 11.5. The van der Waals surface area contributed by atoms with Crippen molar-refractivity contribution < 1.29 is 22.6 Å². The number of halogens is 4. The molecule has 0 atom stereocenters. The van der Waals surface area contributed by atoms with Gasteiger partial charge in [0.05, 0.1) is 16.0 Å². The Morgan fingerprint density at radius 1 is 1.08 bits per heavy atom. The van der Waals surface area contributed by atoms with Gasteiger partial charge in [-0.1, -0.05) is 17.7 Å². The third-order valence-electron chi connectivity index (χ3n) is 6.51. The maximum atomic E-state index is 13.3. The van der Waals surface area contributed by atoms with E-state index in [0.29, 0.717) is 65.6 Å². The molecule has 0 bridgehead atoms. The van der Waals surface area contributed by atoms with Crippen LogP contribution in [0.5, 0.6) is 11.5 Å². The highest BCUT2D eigenvalue weighted by Crippen LogP contribution is 2.40. The summed E-state index contributed by atoms with van der Waals surface area (Å²) in [6, 6.07) is 8.13. The third kappa shape index (κ3) is 4.44. The van der Waals surface area contributed by atoms with Crippen LogP contribution in [0.3, 0.4) is 0 Å². The number of alkyl halides is 3. The molecule has 2 aromatic carbocycles. The Morgan fingerprint density at radius 2 is 1.86 bits per heavy atom. The number of anilines is 1. The summed E-state index contributed by atoms with van der Waals surface area (Å²) >= 11 is 11.6. The van der Waals surface area contributed by atoms with Gasteiger partial charge < -0.3 is 29.6 Å². The molecule has 2 aliphatic heterocycles. The number of H-pyrrole nitrogens is 1. The summed E-state index contributed by atoms with van der Waals surface area (Å²) in [5, 5.41) is 4.77. The Morgan fingerprint density at radius 3 is 2.65 bits per heavy atom. The van der Waals surface area contributed by atoms with Crippen molar-refractivity contribution >= 4 is 56.7 Å². The molecule has 2 aromatic heterocycles. The fourth-order valence-corrected chi connectivity index (χ4v) is 5.17. The van der Waals surface area contributed by atoms with Crippen molar-refractivity contribution in [3.8, 4) is 11.5 Å². The van der Waals surface area contributed by atoms with Crippen molar-refractivity contribution in [2.75, 3.05) is 37.9 Å². The van der Waals surface area contributed by atoms with E-state index in [-0.39, 0.29) is 11.8 Å². The number of hydrogen-bond donors (Lipinski definition) is 2. The second-order valence-corrected chi connectivity index (χ2v) is 9.54. The van der Waals surface area contributed by atoms with E-state index in [4.69, 9.17) is 33.3 Å².